The van der Waals surface area contributed by atoms with Crippen molar-refractivity contribution in [2.45, 2.75) is 32.2 Å². The fourth-order valence-electron chi connectivity index (χ4n) is 3.04. The minimum Gasteiger partial charge on any atom is -0.481 e. The maximum absolute atomic E-state index is 10.7. The number of nitrogens with zero attached hydrogens (tertiary/aromatic N) is 2. The molecule has 1 aromatic heterocycles. The van der Waals surface area contributed by atoms with Gasteiger partial charge in [-0.2, -0.15) is 0 Å². The van der Waals surface area contributed by atoms with Gasteiger partial charge in [-0.25, -0.2) is 4.98 Å². The van der Waals surface area contributed by atoms with Crippen LogP contribution in [0.5, 0.6) is 0 Å². The van der Waals surface area contributed by atoms with Gasteiger partial charge in [-0.05, 0) is 43.9 Å². The quantitative estimate of drug-likeness (QED) is 0.916. The van der Waals surface area contributed by atoms with Gasteiger partial charge in [0.15, 0.2) is 5.58 Å². The average Bonchev–Trinajstić information content (AvgIpc) is 2.87. The normalized spacial score (nSPS) is 19.9. The van der Waals surface area contributed by atoms with Crippen LogP contribution in [0.25, 0.3) is 11.1 Å². The van der Waals surface area contributed by atoms with E-state index in [1.165, 1.54) is 0 Å². The van der Waals surface area contributed by atoms with Gasteiger partial charge in [-0.1, -0.05) is 12.1 Å². The molecule has 0 aliphatic carbocycles. The van der Waals surface area contributed by atoms with E-state index in [1.54, 1.807) is 0 Å². The molecule has 0 radical (unpaired) electrons. The summed E-state index contributed by atoms with van der Waals surface area (Å²) in [6.45, 7) is 2.67. The molecule has 1 saturated heterocycles. The molecule has 5 heteroatoms. The Morgan fingerprint density at radius 2 is 2.29 bits per heavy atom. The molecule has 0 spiro atoms. The number of carboxylic acids is 1. The summed E-state index contributed by atoms with van der Waals surface area (Å²) in [5.74, 6) is 0.514. The molecule has 1 aliphatic heterocycles. The van der Waals surface area contributed by atoms with Crippen LogP contribution >= 0.6 is 0 Å². The topological polar surface area (TPSA) is 66.6 Å². The van der Waals surface area contributed by atoms with E-state index in [4.69, 9.17) is 9.52 Å². The summed E-state index contributed by atoms with van der Waals surface area (Å²) < 4.78 is 5.76. The summed E-state index contributed by atoms with van der Waals surface area (Å²) in [7, 11) is 0. The maximum atomic E-state index is 10.7. The number of carbonyl (C=O) groups is 1. The van der Waals surface area contributed by atoms with E-state index in [9.17, 15) is 4.79 Å². The predicted octanol–water partition coefficient (Wildman–Crippen LogP) is 2.90. The molecule has 1 fully saturated rings. The second-order valence-electron chi connectivity index (χ2n) is 5.75. The van der Waals surface area contributed by atoms with Crippen molar-refractivity contribution < 1.29 is 14.3 Å². The highest BCUT2D eigenvalue weighted by molar-refractivity contribution is 5.72. The summed E-state index contributed by atoms with van der Waals surface area (Å²) in [5, 5.41) is 8.79. The van der Waals surface area contributed by atoms with Crippen molar-refractivity contribution in [2.24, 2.45) is 5.92 Å². The summed E-state index contributed by atoms with van der Waals surface area (Å²) in [6.07, 6.45) is 3.27. The smallest absolute Gasteiger partial charge is 0.303 e. The van der Waals surface area contributed by atoms with Crippen molar-refractivity contribution >= 4 is 17.1 Å². The van der Waals surface area contributed by atoms with Crippen LogP contribution in [0.3, 0.4) is 0 Å². The van der Waals surface area contributed by atoms with Crippen molar-refractivity contribution in [2.75, 3.05) is 13.1 Å². The van der Waals surface area contributed by atoms with Gasteiger partial charge >= 0.3 is 5.97 Å². The molecule has 1 unspecified atom stereocenters. The van der Waals surface area contributed by atoms with Crippen molar-refractivity contribution in [3.8, 4) is 0 Å². The Balaban J connectivity index is 1.60. The van der Waals surface area contributed by atoms with Gasteiger partial charge in [-0.15, -0.1) is 0 Å². The molecule has 1 atom stereocenters. The van der Waals surface area contributed by atoms with Crippen LogP contribution < -0.4 is 0 Å². The number of carboxylic acid groups (broad SMARTS) is 1. The van der Waals surface area contributed by atoms with Gasteiger partial charge in [0.1, 0.15) is 5.52 Å². The fourth-order valence-corrected chi connectivity index (χ4v) is 3.04. The highest BCUT2D eigenvalue weighted by atomic mass is 16.4. The maximum Gasteiger partial charge on any atom is 0.303 e. The highest BCUT2D eigenvalue weighted by Gasteiger charge is 2.22. The number of aromatic nitrogens is 1. The minimum absolute atomic E-state index is 0.265. The largest absolute Gasteiger partial charge is 0.481 e. The molecule has 5 nitrogen and oxygen atoms in total. The standard InChI is InChI=1S/C16H20N2O3/c19-16(20)8-7-12-4-3-9-18(10-12)11-15-17-13-5-1-2-6-14(13)21-15/h1-2,5-6,12H,3-4,7-11H2,(H,19,20). The Morgan fingerprint density at radius 3 is 3.10 bits per heavy atom. The van der Waals surface area contributed by atoms with Crippen LogP contribution in [-0.4, -0.2) is 34.0 Å². The number of benzene rings is 1. The van der Waals surface area contributed by atoms with E-state index in [2.05, 4.69) is 9.88 Å². The zero-order valence-electron chi connectivity index (χ0n) is 12.0. The third kappa shape index (κ3) is 3.61. The average molecular weight is 288 g/mol. The Bertz CT molecular complexity index is 590. The number of hydrogen-bond donors (Lipinski definition) is 1. The Hall–Kier alpha value is -1.88. The highest BCUT2D eigenvalue weighted by Crippen LogP contribution is 2.23. The first-order chi connectivity index (χ1) is 10.2. The number of hydrogen-bond acceptors (Lipinski definition) is 4. The summed E-state index contributed by atoms with van der Waals surface area (Å²) in [5.41, 5.74) is 1.72. The van der Waals surface area contributed by atoms with E-state index < -0.39 is 5.97 Å². The van der Waals surface area contributed by atoms with E-state index in [1.807, 2.05) is 24.3 Å². The predicted molar refractivity (Wildman–Crippen MR) is 78.9 cm³/mol. The van der Waals surface area contributed by atoms with Gasteiger partial charge in [0.25, 0.3) is 0 Å². The van der Waals surface area contributed by atoms with Crippen LogP contribution in [0.15, 0.2) is 28.7 Å². The zero-order valence-corrected chi connectivity index (χ0v) is 12.0. The second-order valence-corrected chi connectivity index (χ2v) is 5.75. The fraction of sp³-hybridized carbons (Fsp3) is 0.500. The van der Waals surface area contributed by atoms with Crippen LogP contribution in [0.1, 0.15) is 31.6 Å². The Morgan fingerprint density at radius 1 is 1.43 bits per heavy atom. The number of para-hydroxylation sites is 2. The van der Waals surface area contributed by atoms with Crippen molar-refractivity contribution in [3.63, 3.8) is 0 Å². The first-order valence-electron chi connectivity index (χ1n) is 7.49. The van der Waals surface area contributed by atoms with Gasteiger partial charge < -0.3 is 9.52 Å². The molecule has 0 saturated carbocycles. The first-order valence-corrected chi connectivity index (χ1v) is 7.49. The first kappa shape index (κ1) is 14.1. The van der Waals surface area contributed by atoms with E-state index in [0.29, 0.717) is 12.5 Å². The van der Waals surface area contributed by atoms with E-state index in [0.717, 1.165) is 49.3 Å². The molecule has 0 amide bonds. The molecular weight excluding hydrogens is 268 g/mol. The molecule has 1 N–H and O–H groups in total. The van der Waals surface area contributed by atoms with Gasteiger partial charge in [-0.3, -0.25) is 9.69 Å². The third-order valence-electron chi connectivity index (χ3n) is 4.07. The lowest BCUT2D eigenvalue weighted by Gasteiger charge is -2.31. The molecular formula is C16H20N2O3. The summed E-state index contributed by atoms with van der Waals surface area (Å²) >= 11 is 0. The summed E-state index contributed by atoms with van der Waals surface area (Å²) in [6, 6.07) is 7.78. The molecule has 112 valence electrons. The van der Waals surface area contributed by atoms with E-state index >= 15 is 0 Å². The molecule has 2 heterocycles. The molecule has 0 bridgehead atoms. The lowest BCUT2D eigenvalue weighted by molar-refractivity contribution is -0.137. The van der Waals surface area contributed by atoms with E-state index in [-0.39, 0.29) is 6.42 Å². The van der Waals surface area contributed by atoms with Crippen molar-refractivity contribution in [1.82, 2.24) is 9.88 Å². The SMILES string of the molecule is O=C(O)CCC1CCCN(Cc2nc3ccccc3o2)C1. The van der Waals surface area contributed by atoms with Crippen LogP contribution in [0.2, 0.25) is 0 Å². The van der Waals surface area contributed by atoms with Crippen LogP contribution in [0, 0.1) is 5.92 Å². The zero-order chi connectivity index (χ0) is 14.7. The number of oxazole rings is 1. The lowest BCUT2D eigenvalue weighted by atomic mass is 9.93. The van der Waals surface area contributed by atoms with Crippen LogP contribution in [-0.2, 0) is 11.3 Å². The number of aliphatic carboxylic acids is 1. The third-order valence-corrected chi connectivity index (χ3v) is 4.07. The van der Waals surface area contributed by atoms with Gasteiger partial charge in [0.05, 0.1) is 6.54 Å². The Kier molecular flexibility index (Phi) is 4.20. The molecule has 1 aliphatic rings. The van der Waals surface area contributed by atoms with Crippen molar-refractivity contribution in [3.05, 3.63) is 30.2 Å². The monoisotopic (exact) mass is 288 g/mol. The second kappa shape index (κ2) is 6.26. The number of piperidine rings is 1. The number of likely N-dealkylation sites (tertiary alicyclic amines) is 1. The molecule has 1 aromatic carbocycles. The van der Waals surface area contributed by atoms with Gasteiger partial charge in [0, 0.05) is 13.0 Å². The minimum atomic E-state index is -0.703. The summed E-state index contributed by atoms with van der Waals surface area (Å²) in [4.78, 5) is 17.5. The Labute approximate surface area is 123 Å². The number of rotatable bonds is 5. The molecule has 21 heavy (non-hydrogen) atoms. The molecule has 2 aromatic rings. The lowest BCUT2D eigenvalue weighted by Crippen LogP contribution is -2.35. The van der Waals surface area contributed by atoms with Gasteiger partial charge in [0.2, 0.25) is 5.89 Å². The van der Waals surface area contributed by atoms with Crippen molar-refractivity contribution in [1.29, 1.82) is 0 Å². The number of fused-ring (bicyclic) bond motifs is 1. The molecule has 3 rings (SSSR count). The van der Waals surface area contributed by atoms with Crippen LogP contribution in [0.4, 0.5) is 0 Å².